The fraction of sp³-hybridized carbons (Fsp3) is 0.318. The highest BCUT2D eigenvalue weighted by Crippen LogP contribution is 2.38. The van der Waals surface area contributed by atoms with Crippen LogP contribution in [0.3, 0.4) is 0 Å². The van der Waals surface area contributed by atoms with Crippen LogP contribution in [0.1, 0.15) is 24.4 Å². The molecule has 30 heavy (non-hydrogen) atoms. The van der Waals surface area contributed by atoms with E-state index in [-0.39, 0.29) is 23.9 Å². The molecule has 1 unspecified atom stereocenters. The number of benzene rings is 2. The molecule has 1 aromatic heterocycles. The van der Waals surface area contributed by atoms with E-state index in [0.29, 0.717) is 23.6 Å². The lowest BCUT2D eigenvalue weighted by atomic mass is 10.0. The summed E-state index contributed by atoms with van der Waals surface area (Å²) in [5, 5.41) is 0.153. The smallest absolute Gasteiger partial charge is 0.261 e. The number of likely N-dealkylation sites (tertiary alicyclic amines) is 1. The van der Waals surface area contributed by atoms with Crippen LogP contribution >= 0.6 is 0 Å². The molecule has 0 N–H and O–H groups in total. The second-order valence-electron chi connectivity index (χ2n) is 7.19. The van der Waals surface area contributed by atoms with Crippen molar-refractivity contribution >= 4 is 16.8 Å². The summed E-state index contributed by atoms with van der Waals surface area (Å²) < 4.78 is 25.5. The van der Waals surface area contributed by atoms with Crippen LogP contribution in [0.5, 0.6) is 11.5 Å². The highest BCUT2D eigenvalue weighted by molar-refractivity contribution is 5.79. The largest absolute Gasteiger partial charge is 0.497 e. The summed E-state index contributed by atoms with van der Waals surface area (Å²) in [6.07, 6.45) is 2.98. The Balaban J connectivity index is 1.61. The fourth-order valence-corrected chi connectivity index (χ4v) is 3.96. The number of amides is 1. The number of hydrogen-bond donors (Lipinski definition) is 0. The molecule has 0 aliphatic carbocycles. The van der Waals surface area contributed by atoms with Crippen LogP contribution < -0.4 is 15.0 Å². The minimum atomic E-state index is -0.517. The molecule has 1 aliphatic heterocycles. The first kappa shape index (κ1) is 19.9. The molecular weight excluding hydrogens is 389 g/mol. The Hall–Kier alpha value is -3.42. The third-order valence-corrected chi connectivity index (χ3v) is 5.46. The third kappa shape index (κ3) is 3.60. The Morgan fingerprint density at radius 2 is 2.03 bits per heavy atom. The highest BCUT2D eigenvalue weighted by atomic mass is 19.1. The van der Waals surface area contributed by atoms with Gasteiger partial charge in [-0.25, -0.2) is 9.37 Å². The van der Waals surface area contributed by atoms with E-state index in [1.807, 2.05) is 12.1 Å². The van der Waals surface area contributed by atoms with Crippen LogP contribution in [0.4, 0.5) is 4.39 Å². The lowest BCUT2D eigenvalue weighted by molar-refractivity contribution is -0.132. The molecule has 2 aromatic carbocycles. The van der Waals surface area contributed by atoms with Gasteiger partial charge in [-0.15, -0.1) is 0 Å². The Kier molecular flexibility index (Phi) is 5.39. The van der Waals surface area contributed by atoms with Crippen LogP contribution in [0, 0.1) is 5.82 Å². The Bertz CT molecular complexity index is 1160. The lowest BCUT2D eigenvalue weighted by Crippen LogP contribution is -2.36. The average Bonchev–Trinajstić information content (AvgIpc) is 3.25. The van der Waals surface area contributed by atoms with Crippen molar-refractivity contribution in [3.05, 3.63) is 64.5 Å². The molecule has 8 heteroatoms. The zero-order valence-corrected chi connectivity index (χ0v) is 16.8. The van der Waals surface area contributed by atoms with Crippen LogP contribution in [-0.4, -0.2) is 41.1 Å². The molecule has 2 heterocycles. The molecule has 0 saturated carbocycles. The van der Waals surface area contributed by atoms with E-state index in [4.69, 9.17) is 9.47 Å². The van der Waals surface area contributed by atoms with Crippen molar-refractivity contribution in [1.82, 2.24) is 14.5 Å². The Labute approximate surface area is 172 Å². The van der Waals surface area contributed by atoms with E-state index in [1.165, 1.54) is 23.0 Å². The number of methoxy groups -OCH3 is 2. The zero-order valence-electron chi connectivity index (χ0n) is 16.8. The summed E-state index contributed by atoms with van der Waals surface area (Å²) in [5.74, 6) is 0.610. The number of nitrogens with zero attached hydrogens (tertiary/aromatic N) is 3. The van der Waals surface area contributed by atoms with Gasteiger partial charge in [0.15, 0.2) is 0 Å². The minimum Gasteiger partial charge on any atom is -0.497 e. The van der Waals surface area contributed by atoms with E-state index >= 15 is 0 Å². The fourth-order valence-electron chi connectivity index (χ4n) is 3.96. The quantitative estimate of drug-likeness (QED) is 0.646. The molecule has 7 nitrogen and oxygen atoms in total. The van der Waals surface area contributed by atoms with Crippen molar-refractivity contribution in [2.75, 3.05) is 20.8 Å². The average molecular weight is 411 g/mol. The van der Waals surface area contributed by atoms with Crippen molar-refractivity contribution in [1.29, 1.82) is 0 Å². The second-order valence-corrected chi connectivity index (χ2v) is 7.19. The molecule has 1 amide bonds. The predicted molar refractivity (Wildman–Crippen MR) is 109 cm³/mol. The summed E-state index contributed by atoms with van der Waals surface area (Å²) in [5.41, 5.74) is 0.855. The maximum absolute atomic E-state index is 13.5. The molecule has 0 radical (unpaired) electrons. The molecule has 0 spiro atoms. The number of ether oxygens (including phenoxy) is 2. The molecule has 1 atom stereocenters. The van der Waals surface area contributed by atoms with Crippen LogP contribution in [0.15, 0.2) is 47.5 Å². The summed E-state index contributed by atoms with van der Waals surface area (Å²) in [6.45, 7) is 0.427. The number of carbonyl (C=O) groups excluding carboxylic acids is 1. The Morgan fingerprint density at radius 3 is 2.80 bits per heavy atom. The van der Waals surface area contributed by atoms with Gasteiger partial charge in [0.25, 0.3) is 5.56 Å². The number of hydrogen-bond acceptors (Lipinski definition) is 5. The zero-order chi connectivity index (χ0) is 21.3. The normalized spacial score (nSPS) is 16.1. The first-order chi connectivity index (χ1) is 14.5. The first-order valence-corrected chi connectivity index (χ1v) is 9.68. The molecule has 156 valence electrons. The summed E-state index contributed by atoms with van der Waals surface area (Å²) in [7, 11) is 3.17. The van der Waals surface area contributed by atoms with Crippen molar-refractivity contribution in [2.45, 2.75) is 25.4 Å². The summed E-state index contributed by atoms with van der Waals surface area (Å²) in [6, 6.07) is 9.23. The van der Waals surface area contributed by atoms with Crippen LogP contribution in [0.25, 0.3) is 10.9 Å². The van der Waals surface area contributed by atoms with Gasteiger partial charge in [0.2, 0.25) is 5.91 Å². The Morgan fingerprint density at radius 1 is 1.20 bits per heavy atom. The molecule has 0 bridgehead atoms. The molecule has 1 fully saturated rings. The molecule has 1 aliphatic rings. The maximum atomic E-state index is 13.5. The second kappa shape index (κ2) is 8.14. The SMILES string of the molecule is COc1ccc(C2CCCN2C(=O)Cn2cnc3ccc(F)cc3c2=O)c(OC)c1. The molecule has 1 saturated heterocycles. The first-order valence-electron chi connectivity index (χ1n) is 9.68. The number of rotatable bonds is 5. The lowest BCUT2D eigenvalue weighted by Gasteiger charge is -2.27. The third-order valence-electron chi connectivity index (χ3n) is 5.46. The molecular formula is C22H22FN3O4. The summed E-state index contributed by atoms with van der Waals surface area (Å²) >= 11 is 0. The van der Waals surface area contributed by atoms with Gasteiger partial charge < -0.3 is 14.4 Å². The standard InChI is InChI=1S/C22H22FN3O4/c1-29-15-6-7-16(20(11-15)30-2)19-4-3-9-26(19)21(27)12-25-13-24-18-8-5-14(23)10-17(18)22(25)28/h5-8,10-11,13,19H,3-4,9,12H2,1-2H3. The van der Waals surface area contributed by atoms with Gasteiger partial charge in [0, 0.05) is 18.2 Å². The van der Waals surface area contributed by atoms with Crippen molar-refractivity contribution in [3.8, 4) is 11.5 Å². The van der Waals surface area contributed by atoms with E-state index in [2.05, 4.69) is 4.98 Å². The van der Waals surface area contributed by atoms with Gasteiger partial charge in [0.1, 0.15) is 23.9 Å². The van der Waals surface area contributed by atoms with Gasteiger partial charge in [0.05, 0.1) is 37.5 Å². The van der Waals surface area contributed by atoms with Crippen LogP contribution in [-0.2, 0) is 11.3 Å². The van der Waals surface area contributed by atoms with Gasteiger partial charge >= 0.3 is 0 Å². The maximum Gasteiger partial charge on any atom is 0.261 e. The topological polar surface area (TPSA) is 73.7 Å². The monoisotopic (exact) mass is 411 g/mol. The van der Waals surface area contributed by atoms with E-state index in [0.717, 1.165) is 24.5 Å². The molecule has 4 rings (SSSR count). The van der Waals surface area contributed by atoms with Gasteiger partial charge in [-0.2, -0.15) is 0 Å². The van der Waals surface area contributed by atoms with E-state index in [9.17, 15) is 14.0 Å². The number of aromatic nitrogens is 2. The van der Waals surface area contributed by atoms with Crippen molar-refractivity contribution < 1.29 is 18.7 Å². The van der Waals surface area contributed by atoms with Gasteiger partial charge in [-0.1, -0.05) is 0 Å². The predicted octanol–water partition coefficient (Wildman–Crippen LogP) is 2.92. The number of carbonyl (C=O) groups is 1. The van der Waals surface area contributed by atoms with Gasteiger partial charge in [-0.05, 0) is 43.2 Å². The highest BCUT2D eigenvalue weighted by Gasteiger charge is 2.32. The minimum absolute atomic E-state index is 0.153. The van der Waals surface area contributed by atoms with E-state index < -0.39 is 11.4 Å². The van der Waals surface area contributed by atoms with Crippen LogP contribution in [0.2, 0.25) is 0 Å². The molecule has 3 aromatic rings. The number of fused-ring (bicyclic) bond motifs is 1. The number of halogens is 1. The van der Waals surface area contributed by atoms with E-state index in [1.54, 1.807) is 25.2 Å². The summed E-state index contributed by atoms with van der Waals surface area (Å²) in [4.78, 5) is 31.7. The van der Waals surface area contributed by atoms with Gasteiger partial charge in [-0.3, -0.25) is 14.2 Å². The van der Waals surface area contributed by atoms with Crippen molar-refractivity contribution in [3.63, 3.8) is 0 Å². The van der Waals surface area contributed by atoms with Crippen molar-refractivity contribution in [2.24, 2.45) is 0 Å².